The highest BCUT2D eigenvalue weighted by Crippen LogP contribution is 2.38. The summed E-state index contributed by atoms with van der Waals surface area (Å²) in [5.74, 6) is -2.96. The van der Waals surface area contributed by atoms with E-state index in [9.17, 15) is 19.2 Å². The van der Waals surface area contributed by atoms with Gasteiger partial charge in [-0.1, -0.05) is 76.4 Å². The molecule has 1 aromatic carbocycles. The molecule has 0 N–H and O–H groups in total. The summed E-state index contributed by atoms with van der Waals surface area (Å²) in [4.78, 5) is 53.1. The van der Waals surface area contributed by atoms with Gasteiger partial charge in [0, 0.05) is 5.75 Å². The van der Waals surface area contributed by atoms with E-state index in [2.05, 4.69) is 0 Å². The molecule has 0 radical (unpaired) electrons. The van der Waals surface area contributed by atoms with E-state index in [0.717, 1.165) is 20.8 Å². The number of rotatable bonds is 7. The number of carbonyl (C=O) groups excluding carboxylic acids is 4. The number of esters is 1. The highest BCUT2D eigenvalue weighted by atomic mass is 35.7. The smallest absolute Gasteiger partial charge is 0.329 e. The molecule has 168 valence electrons. The minimum atomic E-state index is -1.84. The van der Waals surface area contributed by atoms with Crippen molar-refractivity contribution in [1.82, 2.24) is 9.80 Å². The molecule has 1 aromatic rings. The average molecular weight is 549 g/mol. The fourth-order valence-corrected chi connectivity index (χ4v) is 5.07. The Hall–Kier alpha value is -0.900. The number of imide groups is 1. The first-order valence-electron chi connectivity index (χ1n) is 8.89. The number of fused-ring (bicyclic) bond motifs is 1. The Morgan fingerprint density at radius 1 is 1.16 bits per heavy atom. The fourth-order valence-electron chi connectivity index (χ4n) is 3.50. The predicted molar refractivity (Wildman–Crippen MR) is 120 cm³/mol. The molecule has 1 fully saturated rings. The van der Waals surface area contributed by atoms with Gasteiger partial charge in [-0.3, -0.25) is 19.3 Å². The second-order valence-corrected chi connectivity index (χ2v) is 11.2. The Labute approximate surface area is 206 Å². The Balaban J connectivity index is 1.82. The van der Waals surface area contributed by atoms with Gasteiger partial charge in [0.2, 0.25) is 3.79 Å². The zero-order valence-corrected chi connectivity index (χ0v) is 20.4. The Morgan fingerprint density at radius 2 is 1.71 bits per heavy atom. The summed E-state index contributed by atoms with van der Waals surface area (Å²) in [6.07, 6.45) is 0. The van der Waals surface area contributed by atoms with Crippen LogP contribution < -0.4 is 0 Å². The van der Waals surface area contributed by atoms with Gasteiger partial charge >= 0.3 is 5.97 Å². The largest absolute Gasteiger partial charge is 0.460 e. The third-order valence-corrected chi connectivity index (χ3v) is 6.73. The number of amides is 3. The van der Waals surface area contributed by atoms with Gasteiger partial charge in [0.25, 0.3) is 17.7 Å². The molecule has 0 spiro atoms. The molecule has 7 nitrogen and oxygen atoms in total. The molecular weight excluding hydrogens is 534 g/mol. The lowest BCUT2D eigenvalue weighted by Gasteiger charge is -2.50. The van der Waals surface area contributed by atoms with Gasteiger partial charge in [0.05, 0.1) is 11.1 Å². The molecule has 4 unspecified atom stereocenters. The second-order valence-electron chi connectivity index (χ2n) is 7.01. The number of β-lactam (4-membered cyclic amide) rings is 1. The lowest BCUT2D eigenvalue weighted by molar-refractivity contribution is -0.169. The van der Waals surface area contributed by atoms with Crippen LogP contribution >= 0.6 is 68.1 Å². The van der Waals surface area contributed by atoms with Crippen molar-refractivity contribution in [3.8, 4) is 0 Å². The van der Waals surface area contributed by atoms with Crippen molar-refractivity contribution in [3.05, 3.63) is 35.4 Å². The van der Waals surface area contributed by atoms with Crippen LogP contribution in [0.25, 0.3) is 0 Å². The molecule has 1 saturated heterocycles. The van der Waals surface area contributed by atoms with Crippen LogP contribution in [-0.2, 0) is 14.3 Å². The van der Waals surface area contributed by atoms with Crippen LogP contribution in [-0.4, -0.2) is 67.2 Å². The lowest BCUT2D eigenvalue weighted by Crippen LogP contribution is -2.73. The standard InChI is InChI=1S/C18H15Cl5N2O5S/c1-8(6-31-23)11(17(29)30-7-18(20,21)22)24-13(19)12(16(24)28)25-14(26)9-4-2-3-5-10(9)15(25)27/h2-5,8,11-13H,6-7H2,1H3. The molecule has 0 aliphatic carbocycles. The first-order valence-corrected chi connectivity index (χ1v) is 12.3. The molecule has 2 aliphatic rings. The molecular formula is C18H15Cl5N2O5S. The van der Waals surface area contributed by atoms with E-state index < -0.39 is 57.6 Å². The van der Waals surface area contributed by atoms with Gasteiger partial charge in [0.1, 0.15) is 18.1 Å². The molecule has 0 bridgehead atoms. The number of benzene rings is 1. The van der Waals surface area contributed by atoms with Gasteiger partial charge in [0.15, 0.2) is 6.04 Å². The van der Waals surface area contributed by atoms with Gasteiger partial charge < -0.3 is 9.64 Å². The summed E-state index contributed by atoms with van der Waals surface area (Å²) in [5, 5.41) is 0. The number of hydrogen-bond donors (Lipinski definition) is 0. The third-order valence-electron chi connectivity index (χ3n) is 4.92. The number of ether oxygens (including phenoxy) is 1. The van der Waals surface area contributed by atoms with Gasteiger partial charge in [-0.2, -0.15) is 0 Å². The van der Waals surface area contributed by atoms with Crippen molar-refractivity contribution >= 4 is 91.8 Å². The lowest BCUT2D eigenvalue weighted by atomic mass is 9.94. The maximum absolute atomic E-state index is 13.0. The summed E-state index contributed by atoms with van der Waals surface area (Å²) in [6.45, 7) is 1.13. The van der Waals surface area contributed by atoms with E-state index in [1.54, 1.807) is 19.1 Å². The maximum Gasteiger partial charge on any atom is 0.329 e. The summed E-state index contributed by atoms with van der Waals surface area (Å²) < 4.78 is 3.22. The molecule has 2 aliphatic heterocycles. The normalized spacial score (nSPS) is 22.8. The van der Waals surface area contributed by atoms with Gasteiger partial charge in [-0.25, -0.2) is 4.79 Å². The molecule has 2 heterocycles. The molecule has 0 saturated carbocycles. The highest BCUT2D eigenvalue weighted by Gasteiger charge is 2.59. The van der Waals surface area contributed by atoms with E-state index in [0.29, 0.717) is 0 Å². The number of hydrogen-bond acceptors (Lipinski definition) is 6. The number of alkyl halides is 4. The highest BCUT2D eigenvalue weighted by molar-refractivity contribution is 8.21. The molecule has 31 heavy (non-hydrogen) atoms. The Bertz CT molecular complexity index is 892. The van der Waals surface area contributed by atoms with Crippen molar-refractivity contribution in [2.24, 2.45) is 5.92 Å². The number of carbonyl (C=O) groups is 4. The summed E-state index contributed by atoms with van der Waals surface area (Å²) in [7, 11) is 6.66. The summed E-state index contributed by atoms with van der Waals surface area (Å²) >= 11 is 23.3. The van der Waals surface area contributed by atoms with Crippen LogP contribution in [0.3, 0.4) is 0 Å². The Morgan fingerprint density at radius 3 is 2.16 bits per heavy atom. The molecule has 0 aromatic heterocycles. The second kappa shape index (κ2) is 9.53. The minimum absolute atomic E-state index is 0.188. The molecule has 3 rings (SSSR count). The monoisotopic (exact) mass is 546 g/mol. The molecule has 3 amide bonds. The average Bonchev–Trinajstić information content (AvgIpc) is 2.95. The van der Waals surface area contributed by atoms with E-state index in [-0.39, 0.29) is 16.9 Å². The fraction of sp³-hybridized carbons (Fsp3) is 0.444. The van der Waals surface area contributed by atoms with Crippen LogP contribution in [0.1, 0.15) is 27.6 Å². The Kier molecular flexibility index (Phi) is 7.61. The van der Waals surface area contributed by atoms with Crippen molar-refractivity contribution in [3.63, 3.8) is 0 Å². The topological polar surface area (TPSA) is 84.0 Å². The SMILES string of the molecule is CC(CSCl)C(C(=O)OCC(Cl)(Cl)Cl)N1C(=O)C(N2C(=O)c3ccccc3C2=O)C1Cl. The van der Waals surface area contributed by atoms with Gasteiger partial charge in [-0.05, 0) is 28.7 Å². The van der Waals surface area contributed by atoms with Crippen molar-refractivity contribution < 1.29 is 23.9 Å². The zero-order chi connectivity index (χ0) is 23.1. The number of halogens is 5. The number of likely N-dealkylation sites (tertiary alicyclic amines) is 1. The first-order chi connectivity index (χ1) is 14.5. The summed E-state index contributed by atoms with van der Waals surface area (Å²) in [6, 6.07) is 3.81. The van der Waals surface area contributed by atoms with E-state index in [1.165, 1.54) is 12.1 Å². The molecule has 4 atom stereocenters. The van der Waals surface area contributed by atoms with Crippen LogP contribution in [0.2, 0.25) is 0 Å². The van der Waals surface area contributed by atoms with Crippen LogP contribution in [0.5, 0.6) is 0 Å². The first kappa shape index (κ1) is 24.7. The number of nitrogens with zero attached hydrogens (tertiary/aromatic N) is 2. The predicted octanol–water partition coefficient (Wildman–Crippen LogP) is 3.86. The van der Waals surface area contributed by atoms with E-state index >= 15 is 0 Å². The minimum Gasteiger partial charge on any atom is -0.460 e. The van der Waals surface area contributed by atoms with E-state index in [4.69, 9.17) is 61.8 Å². The van der Waals surface area contributed by atoms with E-state index in [1.807, 2.05) is 0 Å². The quantitative estimate of drug-likeness (QED) is 0.169. The van der Waals surface area contributed by atoms with Crippen molar-refractivity contribution in [2.45, 2.75) is 28.3 Å². The zero-order valence-electron chi connectivity index (χ0n) is 15.8. The van der Waals surface area contributed by atoms with Crippen LogP contribution in [0.4, 0.5) is 0 Å². The van der Waals surface area contributed by atoms with Gasteiger partial charge in [-0.15, -0.1) is 0 Å². The van der Waals surface area contributed by atoms with Crippen LogP contribution in [0, 0.1) is 5.92 Å². The maximum atomic E-state index is 13.0. The van der Waals surface area contributed by atoms with Crippen molar-refractivity contribution in [2.75, 3.05) is 12.4 Å². The molecule has 13 heteroatoms. The van der Waals surface area contributed by atoms with Crippen LogP contribution in [0.15, 0.2) is 24.3 Å². The third kappa shape index (κ3) is 4.75. The summed E-state index contributed by atoms with van der Waals surface area (Å²) in [5.41, 5.74) is -0.774. The van der Waals surface area contributed by atoms with Crippen molar-refractivity contribution in [1.29, 1.82) is 0 Å².